The van der Waals surface area contributed by atoms with Gasteiger partial charge in [0.25, 0.3) is 5.22 Å². The molecule has 5 heteroatoms. The summed E-state index contributed by atoms with van der Waals surface area (Å²) in [5, 5.41) is 7.85. The van der Waals surface area contributed by atoms with E-state index in [1.165, 1.54) is 18.7 Å². The highest BCUT2D eigenvalue weighted by Crippen LogP contribution is 2.11. The van der Waals surface area contributed by atoms with Crippen molar-refractivity contribution in [2.75, 3.05) is 6.26 Å². The van der Waals surface area contributed by atoms with Crippen LogP contribution in [0.3, 0.4) is 0 Å². The van der Waals surface area contributed by atoms with Gasteiger partial charge in [0, 0.05) is 0 Å². The van der Waals surface area contributed by atoms with Crippen molar-refractivity contribution in [2.24, 2.45) is 0 Å². The fourth-order valence-electron chi connectivity index (χ4n) is 0.605. The van der Waals surface area contributed by atoms with Crippen molar-refractivity contribution in [2.45, 2.75) is 18.6 Å². The molecule has 11 heavy (non-hydrogen) atoms. The van der Waals surface area contributed by atoms with E-state index in [0.29, 0.717) is 11.1 Å². The summed E-state index contributed by atoms with van der Waals surface area (Å²) in [6, 6.07) is 0. The number of carbonyl (C=O) groups excluding carboxylic acids is 1. The van der Waals surface area contributed by atoms with Crippen LogP contribution in [0.25, 0.3) is 0 Å². The fraction of sp³-hybridized carbons (Fsp3) is 0.500. The second-order valence-electron chi connectivity index (χ2n) is 2.04. The highest BCUT2D eigenvalue weighted by atomic mass is 32.2. The molecule has 0 saturated carbocycles. The Morgan fingerprint density at radius 2 is 2.36 bits per heavy atom. The smallest absolute Gasteiger partial charge is 0.276 e. The van der Waals surface area contributed by atoms with E-state index in [2.05, 4.69) is 10.2 Å². The number of thioether (sulfide) groups is 1. The molecule has 0 unspecified atom stereocenters. The molecule has 1 rings (SSSR count). The predicted octanol–water partition coefficient (Wildman–Crippen LogP) is 0.923. The molecule has 4 nitrogen and oxygen atoms in total. The van der Waals surface area contributed by atoms with Crippen molar-refractivity contribution in [1.82, 2.24) is 10.2 Å². The topological polar surface area (TPSA) is 56.0 Å². The molecule has 0 spiro atoms. The number of ketones is 1. The van der Waals surface area contributed by atoms with E-state index in [1.54, 1.807) is 0 Å². The third-order valence-corrected chi connectivity index (χ3v) is 1.54. The maximum atomic E-state index is 10.6. The highest BCUT2D eigenvalue weighted by Gasteiger charge is 2.05. The molecule has 0 bridgehead atoms. The Kier molecular flexibility index (Phi) is 2.64. The summed E-state index contributed by atoms with van der Waals surface area (Å²) in [6.45, 7) is 1.49. The van der Waals surface area contributed by atoms with Gasteiger partial charge in [-0.2, -0.15) is 0 Å². The Balaban J connectivity index is 2.65. The maximum absolute atomic E-state index is 10.6. The maximum Gasteiger partial charge on any atom is 0.276 e. The zero-order valence-electron chi connectivity index (χ0n) is 6.33. The zero-order valence-corrected chi connectivity index (χ0v) is 7.14. The minimum atomic E-state index is 0.0290. The SMILES string of the molecule is CSc1nnc(CC(C)=O)o1. The van der Waals surface area contributed by atoms with Crippen molar-refractivity contribution in [3.05, 3.63) is 5.89 Å². The first-order chi connectivity index (χ1) is 5.22. The van der Waals surface area contributed by atoms with Crippen LogP contribution in [0.15, 0.2) is 9.64 Å². The second kappa shape index (κ2) is 3.52. The van der Waals surface area contributed by atoms with Gasteiger partial charge in [0.1, 0.15) is 5.78 Å². The molecule has 0 fully saturated rings. The van der Waals surface area contributed by atoms with Crippen molar-refractivity contribution < 1.29 is 9.21 Å². The average Bonchev–Trinajstić information content (AvgIpc) is 2.34. The number of hydrogen-bond acceptors (Lipinski definition) is 5. The van der Waals surface area contributed by atoms with Gasteiger partial charge in [-0.05, 0) is 13.2 Å². The van der Waals surface area contributed by atoms with Crippen molar-refractivity contribution in [1.29, 1.82) is 0 Å². The van der Waals surface area contributed by atoms with E-state index in [-0.39, 0.29) is 12.2 Å². The standard InChI is InChI=1S/C6H8N2O2S/c1-4(9)3-5-7-8-6(10-5)11-2/h3H2,1-2H3. The quantitative estimate of drug-likeness (QED) is 0.634. The molecular weight excluding hydrogens is 164 g/mol. The number of hydrogen-bond donors (Lipinski definition) is 0. The first-order valence-corrected chi connectivity index (χ1v) is 4.30. The van der Waals surface area contributed by atoms with Crippen LogP contribution in [-0.4, -0.2) is 22.2 Å². The Labute approximate surface area is 68.4 Å². The van der Waals surface area contributed by atoms with Gasteiger partial charge < -0.3 is 4.42 Å². The molecule has 1 aromatic rings. The van der Waals surface area contributed by atoms with E-state index in [9.17, 15) is 4.79 Å². The molecular formula is C6H8N2O2S. The summed E-state index contributed by atoms with van der Waals surface area (Å²) < 4.78 is 5.06. The summed E-state index contributed by atoms with van der Waals surface area (Å²) in [4.78, 5) is 10.6. The summed E-state index contributed by atoms with van der Waals surface area (Å²) in [7, 11) is 0. The van der Waals surface area contributed by atoms with Crippen LogP contribution in [-0.2, 0) is 11.2 Å². The minimum Gasteiger partial charge on any atom is -0.415 e. The third kappa shape index (κ3) is 2.34. The molecule has 0 amide bonds. The number of Topliss-reactive ketones (excluding diaryl/α,β-unsaturated/α-hetero) is 1. The van der Waals surface area contributed by atoms with Gasteiger partial charge in [-0.1, -0.05) is 11.8 Å². The summed E-state index contributed by atoms with van der Waals surface area (Å²) in [5.41, 5.74) is 0. The number of carbonyl (C=O) groups is 1. The predicted molar refractivity (Wildman–Crippen MR) is 40.5 cm³/mol. The van der Waals surface area contributed by atoms with Crippen LogP contribution in [0.4, 0.5) is 0 Å². The van der Waals surface area contributed by atoms with Gasteiger partial charge >= 0.3 is 0 Å². The highest BCUT2D eigenvalue weighted by molar-refractivity contribution is 7.98. The molecule has 0 saturated heterocycles. The average molecular weight is 172 g/mol. The molecule has 60 valence electrons. The summed E-state index contributed by atoms with van der Waals surface area (Å²) in [5.74, 6) is 0.420. The molecule has 1 aromatic heterocycles. The van der Waals surface area contributed by atoms with Crippen LogP contribution in [0.5, 0.6) is 0 Å². The van der Waals surface area contributed by atoms with Crippen molar-refractivity contribution in [3.63, 3.8) is 0 Å². The molecule has 1 heterocycles. The Morgan fingerprint density at radius 3 is 2.82 bits per heavy atom. The van der Waals surface area contributed by atoms with Crippen LogP contribution in [0, 0.1) is 0 Å². The first-order valence-electron chi connectivity index (χ1n) is 3.08. The molecule has 0 aliphatic carbocycles. The van der Waals surface area contributed by atoms with Gasteiger partial charge in [0.05, 0.1) is 6.42 Å². The normalized spacial score (nSPS) is 10.0. The van der Waals surface area contributed by atoms with E-state index < -0.39 is 0 Å². The molecule has 0 N–H and O–H groups in total. The monoisotopic (exact) mass is 172 g/mol. The second-order valence-corrected chi connectivity index (χ2v) is 2.80. The third-order valence-electron chi connectivity index (χ3n) is 1.02. The lowest BCUT2D eigenvalue weighted by molar-refractivity contribution is -0.116. The van der Waals surface area contributed by atoms with Crippen LogP contribution < -0.4 is 0 Å². The van der Waals surface area contributed by atoms with E-state index >= 15 is 0 Å². The van der Waals surface area contributed by atoms with Gasteiger partial charge in [0.15, 0.2) is 0 Å². The zero-order chi connectivity index (χ0) is 8.27. The first kappa shape index (κ1) is 8.26. The molecule has 0 radical (unpaired) electrons. The van der Waals surface area contributed by atoms with Crippen LogP contribution in [0.1, 0.15) is 12.8 Å². The number of aromatic nitrogens is 2. The van der Waals surface area contributed by atoms with Gasteiger partial charge in [-0.3, -0.25) is 4.79 Å². The number of nitrogens with zero attached hydrogens (tertiary/aromatic N) is 2. The van der Waals surface area contributed by atoms with E-state index in [1.807, 2.05) is 6.26 Å². The molecule has 0 atom stereocenters. The largest absolute Gasteiger partial charge is 0.415 e. The number of rotatable bonds is 3. The Bertz CT molecular complexity index is 259. The molecule has 0 aliphatic rings. The van der Waals surface area contributed by atoms with Gasteiger partial charge in [-0.25, -0.2) is 0 Å². The summed E-state index contributed by atoms with van der Waals surface area (Å²) in [6.07, 6.45) is 2.07. The van der Waals surface area contributed by atoms with E-state index in [0.717, 1.165) is 0 Å². The molecule has 0 aromatic carbocycles. The van der Waals surface area contributed by atoms with Gasteiger partial charge in [-0.15, -0.1) is 10.2 Å². The lowest BCUT2D eigenvalue weighted by Gasteiger charge is -1.85. The molecule has 0 aliphatic heterocycles. The van der Waals surface area contributed by atoms with E-state index in [4.69, 9.17) is 4.42 Å². The Hall–Kier alpha value is -0.840. The van der Waals surface area contributed by atoms with Crippen molar-refractivity contribution >= 4 is 17.5 Å². The lowest BCUT2D eigenvalue weighted by Crippen LogP contribution is -1.95. The van der Waals surface area contributed by atoms with Gasteiger partial charge in [0.2, 0.25) is 5.89 Å². The summed E-state index contributed by atoms with van der Waals surface area (Å²) >= 11 is 1.37. The Morgan fingerprint density at radius 1 is 1.64 bits per heavy atom. The minimum absolute atomic E-state index is 0.0290. The fourth-order valence-corrected chi connectivity index (χ4v) is 0.907. The van der Waals surface area contributed by atoms with Crippen molar-refractivity contribution in [3.8, 4) is 0 Å². The lowest BCUT2D eigenvalue weighted by atomic mass is 10.3. The van der Waals surface area contributed by atoms with Crippen LogP contribution in [0.2, 0.25) is 0 Å². The van der Waals surface area contributed by atoms with Crippen LogP contribution >= 0.6 is 11.8 Å².